The highest BCUT2D eigenvalue weighted by Crippen LogP contribution is 2.17. The number of nitrogens with zero attached hydrogens (tertiary/aromatic N) is 1. The van der Waals surface area contributed by atoms with Crippen molar-refractivity contribution in [3.63, 3.8) is 0 Å². The molecule has 0 spiro atoms. The van der Waals surface area contributed by atoms with Gasteiger partial charge < -0.3 is 10.6 Å². The summed E-state index contributed by atoms with van der Waals surface area (Å²) in [7, 11) is 0. The fourth-order valence-corrected chi connectivity index (χ4v) is 2.56. The summed E-state index contributed by atoms with van der Waals surface area (Å²) in [5.41, 5.74) is 2.17. The van der Waals surface area contributed by atoms with Crippen LogP contribution in [0.15, 0.2) is 18.3 Å². The summed E-state index contributed by atoms with van der Waals surface area (Å²) < 4.78 is 0. The minimum absolute atomic E-state index is 0.0552. The zero-order valence-corrected chi connectivity index (χ0v) is 11.6. The van der Waals surface area contributed by atoms with Crippen LogP contribution < -0.4 is 10.6 Å². The van der Waals surface area contributed by atoms with Gasteiger partial charge in [-0.2, -0.15) is 0 Å². The zero-order valence-electron chi connectivity index (χ0n) is 11.6. The Morgan fingerprint density at radius 2 is 2.21 bits per heavy atom. The second-order valence-corrected chi connectivity index (χ2v) is 5.10. The normalized spacial score (nSPS) is 15.6. The van der Waals surface area contributed by atoms with Crippen molar-refractivity contribution in [2.24, 2.45) is 0 Å². The van der Waals surface area contributed by atoms with Crippen LogP contribution in [0.4, 0.5) is 0 Å². The highest BCUT2D eigenvalue weighted by Gasteiger charge is 2.15. The number of pyridine rings is 1. The lowest BCUT2D eigenvalue weighted by molar-refractivity contribution is -0.120. The molecule has 0 saturated heterocycles. The Balaban J connectivity index is 1.73. The van der Waals surface area contributed by atoms with E-state index in [-0.39, 0.29) is 5.91 Å². The average Bonchev–Trinajstić information content (AvgIpc) is 2.96. The topological polar surface area (TPSA) is 54.0 Å². The van der Waals surface area contributed by atoms with E-state index in [1.807, 2.05) is 6.07 Å². The predicted molar refractivity (Wildman–Crippen MR) is 75.7 cm³/mol. The van der Waals surface area contributed by atoms with Crippen LogP contribution >= 0.6 is 0 Å². The molecule has 1 aromatic heterocycles. The van der Waals surface area contributed by atoms with E-state index in [2.05, 4.69) is 28.6 Å². The molecule has 1 aliphatic carbocycles. The van der Waals surface area contributed by atoms with Gasteiger partial charge in [0.1, 0.15) is 0 Å². The highest BCUT2D eigenvalue weighted by atomic mass is 16.1. The summed E-state index contributed by atoms with van der Waals surface area (Å²) in [6, 6.07) is 4.53. The van der Waals surface area contributed by atoms with Crippen molar-refractivity contribution in [3.8, 4) is 0 Å². The highest BCUT2D eigenvalue weighted by molar-refractivity contribution is 5.78. The standard InChI is InChI=1S/C15H23N3O/c1-2-12-6-5-9-16-14(12)10-18-15(19)11-17-13-7-3-4-8-13/h5-6,9,13,17H,2-4,7-8,10-11H2,1H3,(H,18,19). The Morgan fingerprint density at radius 3 is 2.95 bits per heavy atom. The third-order valence-electron chi connectivity index (χ3n) is 3.72. The first kappa shape index (κ1) is 14.0. The lowest BCUT2D eigenvalue weighted by atomic mass is 10.1. The van der Waals surface area contributed by atoms with E-state index in [0.29, 0.717) is 19.1 Å². The fourth-order valence-electron chi connectivity index (χ4n) is 2.56. The number of carbonyl (C=O) groups excluding carboxylic acids is 1. The predicted octanol–water partition coefficient (Wildman–Crippen LogP) is 1.79. The van der Waals surface area contributed by atoms with Gasteiger partial charge >= 0.3 is 0 Å². The second kappa shape index (κ2) is 7.24. The minimum Gasteiger partial charge on any atom is -0.349 e. The number of carbonyl (C=O) groups is 1. The van der Waals surface area contributed by atoms with E-state index in [9.17, 15) is 4.79 Å². The molecule has 0 radical (unpaired) electrons. The number of aromatic nitrogens is 1. The Labute approximate surface area is 115 Å². The summed E-state index contributed by atoms with van der Waals surface area (Å²) in [6.07, 6.45) is 7.69. The SMILES string of the molecule is CCc1cccnc1CNC(=O)CNC1CCCC1. The maximum Gasteiger partial charge on any atom is 0.234 e. The van der Waals surface area contributed by atoms with Crippen molar-refractivity contribution in [2.75, 3.05) is 6.54 Å². The quantitative estimate of drug-likeness (QED) is 0.821. The Hall–Kier alpha value is -1.42. The summed E-state index contributed by atoms with van der Waals surface area (Å²) >= 11 is 0. The largest absolute Gasteiger partial charge is 0.349 e. The van der Waals surface area contributed by atoms with Gasteiger partial charge in [0.15, 0.2) is 0 Å². The van der Waals surface area contributed by atoms with Crippen molar-refractivity contribution < 1.29 is 4.79 Å². The van der Waals surface area contributed by atoms with Gasteiger partial charge in [0.05, 0.1) is 18.8 Å². The lowest BCUT2D eigenvalue weighted by Crippen LogP contribution is -2.38. The maximum absolute atomic E-state index is 11.8. The van der Waals surface area contributed by atoms with E-state index in [1.165, 1.54) is 31.2 Å². The molecule has 1 fully saturated rings. The molecule has 0 atom stereocenters. The monoisotopic (exact) mass is 261 g/mol. The summed E-state index contributed by atoms with van der Waals surface area (Å²) in [6.45, 7) is 3.04. The third-order valence-corrected chi connectivity index (χ3v) is 3.72. The fraction of sp³-hybridized carbons (Fsp3) is 0.600. The van der Waals surface area contributed by atoms with E-state index < -0.39 is 0 Å². The number of hydrogen-bond acceptors (Lipinski definition) is 3. The van der Waals surface area contributed by atoms with Crippen LogP contribution in [0.5, 0.6) is 0 Å². The zero-order chi connectivity index (χ0) is 13.5. The third kappa shape index (κ3) is 4.31. The van der Waals surface area contributed by atoms with E-state index in [4.69, 9.17) is 0 Å². The number of hydrogen-bond donors (Lipinski definition) is 2. The molecule has 2 N–H and O–H groups in total. The lowest BCUT2D eigenvalue weighted by Gasteiger charge is -2.12. The molecule has 0 aliphatic heterocycles. The molecule has 1 saturated carbocycles. The van der Waals surface area contributed by atoms with Crippen molar-refractivity contribution in [2.45, 2.75) is 51.6 Å². The van der Waals surface area contributed by atoms with Gasteiger partial charge in [-0.25, -0.2) is 0 Å². The molecule has 19 heavy (non-hydrogen) atoms. The Bertz CT molecular complexity index is 414. The number of rotatable bonds is 6. The molecular formula is C15H23N3O. The first-order valence-electron chi connectivity index (χ1n) is 7.22. The van der Waals surface area contributed by atoms with Crippen LogP contribution in [-0.4, -0.2) is 23.5 Å². The van der Waals surface area contributed by atoms with Crippen LogP contribution in [-0.2, 0) is 17.8 Å². The molecule has 1 amide bonds. The second-order valence-electron chi connectivity index (χ2n) is 5.10. The van der Waals surface area contributed by atoms with Gasteiger partial charge in [0, 0.05) is 12.2 Å². The smallest absolute Gasteiger partial charge is 0.234 e. The van der Waals surface area contributed by atoms with E-state index in [0.717, 1.165) is 12.1 Å². The average molecular weight is 261 g/mol. The molecule has 104 valence electrons. The molecule has 2 rings (SSSR count). The van der Waals surface area contributed by atoms with E-state index >= 15 is 0 Å². The van der Waals surface area contributed by atoms with Crippen LogP contribution in [0.2, 0.25) is 0 Å². The number of amides is 1. The first-order valence-corrected chi connectivity index (χ1v) is 7.22. The summed E-state index contributed by atoms with van der Waals surface area (Å²) in [5, 5.41) is 6.25. The molecule has 0 unspecified atom stereocenters. The molecule has 1 aliphatic rings. The molecule has 0 bridgehead atoms. The van der Waals surface area contributed by atoms with E-state index in [1.54, 1.807) is 6.20 Å². The maximum atomic E-state index is 11.8. The van der Waals surface area contributed by atoms with Crippen LogP contribution in [0.1, 0.15) is 43.9 Å². The van der Waals surface area contributed by atoms with Crippen LogP contribution in [0.25, 0.3) is 0 Å². The molecular weight excluding hydrogens is 238 g/mol. The number of nitrogens with one attached hydrogen (secondary N) is 2. The van der Waals surface area contributed by atoms with Gasteiger partial charge in [0.2, 0.25) is 5.91 Å². The van der Waals surface area contributed by atoms with Crippen LogP contribution in [0.3, 0.4) is 0 Å². The molecule has 4 nitrogen and oxygen atoms in total. The Morgan fingerprint density at radius 1 is 1.42 bits per heavy atom. The summed E-state index contributed by atoms with van der Waals surface area (Å²) in [4.78, 5) is 16.1. The van der Waals surface area contributed by atoms with Crippen molar-refractivity contribution >= 4 is 5.91 Å². The van der Waals surface area contributed by atoms with Crippen molar-refractivity contribution in [1.29, 1.82) is 0 Å². The molecule has 0 aromatic carbocycles. The molecule has 1 heterocycles. The van der Waals surface area contributed by atoms with Crippen LogP contribution in [0, 0.1) is 0 Å². The summed E-state index contributed by atoms with van der Waals surface area (Å²) in [5.74, 6) is 0.0552. The van der Waals surface area contributed by atoms with Gasteiger partial charge in [-0.3, -0.25) is 9.78 Å². The van der Waals surface area contributed by atoms with Gasteiger partial charge in [-0.05, 0) is 30.9 Å². The molecule has 1 aromatic rings. The van der Waals surface area contributed by atoms with Gasteiger partial charge in [0.25, 0.3) is 0 Å². The van der Waals surface area contributed by atoms with Crippen molar-refractivity contribution in [1.82, 2.24) is 15.6 Å². The Kier molecular flexibility index (Phi) is 5.33. The van der Waals surface area contributed by atoms with Crippen molar-refractivity contribution in [3.05, 3.63) is 29.6 Å². The molecule has 4 heteroatoms. The minimum atomic E-state index is 0.0552. The number of aryl methyl sites for hydroxylation is 1. The first-order chi connectivity index (χ1) is 9.29. The van der Waals surface area contributed by atoms with Gasteiger partial charge in [-0.15, -0.1) is 0 Å². The van der Waals surface area contributed by atoms with Gasteiger partial charge in [-0.1, -0.05) is 25.8 Å².